The Morgan fingerprint density at radius 1 is 1.54 bits per heavy atom. The van der Waals surface area contributed by atoms with Crippen LogP contribution in [0, 0.1) is 0 Å². The first-order chi connectivity index (χ1) is 6.18. The molecule has 0 amide bonds. The first-order valence-corrected chi connectivity index (χ1v) is 4.71. The maximum absolute atomic E-state index is 5.61. The van der Waals surface area contributed by atoms with Crippen molar-refractivity contribution in [2.75, 3.05) is 6.54 Å². The monoisotopic (exact) mass is 199 g/mol. The Balaban J connectivity index is 2.32. The van der Waals surface area contributed by atoms with Crippen LogP contribution < -0.4 is 5.32 Å². The van der Waals surface area contributed by atoms with Crippen LogP contribution in [0.25, 0.3) is 6.08 Å². The second-order valence-electron chi connectivity index (χ2n) is 3.11. The first-order valence-electron chi connectivity index (χ1n) is 4.34. The van der Waals surface area contributed by atoms with Crippen molar-refractivity contribution in [1.82, 2.24) is 5.32 Å². The molecule has 0 aliphatic heterocycles. The summed E-state index contributed by atoms with van der Waals surface area (Å²) in [4.78, 5) is 0. The molecule has 0 bridgehead atoms. The van der Waals surface area contributed by atoms with Gasteiger partial charge in [-0.2, -0.15) is 0 Å². The van der Waals surface area contributed by atoms with E-state index in [1.165, 1.54) is 0 Å². The lowest BCUT2D eigenvalue weighted by molar-refractivity contribution is 0.558. The topological polar surface area (TPSA) is 25.2 Å². The average molecular weight is 200 g/mol. The molecular weight excluding hydrogens is 186 g/mol. The number of hydrogen-bond donors (Lipinski definition) is 1. The molecule has 0 aliphatic carbocycles. The van der Waals surface area contributed by atoms with Crippen LogP contribution in [0.5, 0.6) is 0 Å². The predicted molar refractivity (Wildman–Crippen MR) is 55.9 cm³/mol. The van der Waals surface area contributed by atoms with Gasteiger partial charge < -0.3 is 9.73 Å². The van der Waals surface area contributed by atoms with Crippen molar-refractivity contribution in [2.45, 2.75) is 19.9 Å². The van der Waals surface area contributed by atoms with Gasteiger partial charge in [-0.3, -0.25) is 0 Å². The largest absolute Gasteiger partial charge is 0.445 e. The predicted octanol–water partition coefficient (Wildman–Crippen LogP) is 2.94. The maximum atomic E-state index is 5.61. The van der Waals surface area contributed by atoms with Gasteiger partial charge >= 0.3 is 0 Å². The van der Waals surface area contributed by atoms with Crippen molar-refractivity contribution in [1.29, 1.82) is 0 Å². The average Bonchev–Trinajstić information content (AvgIpc) is 2.45. The van der Waals surface area contributed by atoms with Crippen molar-refractivity contribution < 1.29 is 4.42 Å². The Hall–Kier alpha value is -0.730. The minimum Gasteiger partial charge on any atom is -0.445 e. The summed E-state index contributed by atoms with van der Waals surface area (Å²) in [5, 5.41) is 3.69. The number of hydrogen-bond acceptors (Lipinski definition) is 2. The van der Waals surface area contributed by atoms with Crippen molar-refractivity contribution in [3.8, 4) is 0 Å². The smallest absolute Gasteiger partial charge is 0.193 e. The third-order valence-corrected chi connectivity index (χ3v) is 1.72. The fourth-order valence-corrected chi connectivity index (χ4v) is 1.05. The summed E-state index contributed by atoms with van der Waals surface area (Å²) >= 11 is 5.61. The zero-order valence-corrected chi connectivity index (χ0v) is 8.64. The summed E-state index contributed by atoms with van der Waals surface area (Å²) in [7, 11) is 0. The van der Waals surface area contributed by atoms with Crippen LogP contribution in [-0.2, 0) is 0 Å². The molecule has 0 radical (unpaired) electrons. The zero-order chi connectivity index (χ0) is 9.68. The number of halogens is 1. The van der Waals surface area contributed by atoms with Crippen molar-refractivity contribution >= 4 is 17.7 Å². The summed E-state index contributed by atoms with van der Waals surface area (Å²) < 4.78 is 5.14. The van der Waals surface area contributed by atoms with Gasteiger partial charge in [0.25, 0.3) is 0 Å². The van der Waals surface area contributed by atoms with Gasteiger partial charge in [-0.15, -0.1) is 0 Å². The summed E-state index contributed by atoms with van der Waals surface area (Å²) in [5.41, 5.74) is 0. The summed E-state index contributed by atoms with van der Waals surface area (Å²) in [6, 6.07) is 4.08. The van der Waals surface area contributed by atoms with Crippen molar-refractivity contribution in [3.63, 3.8) is 0 Å². The van der Waals surface area contributed by atoms with Crippen LogP contribution in [0.2, 0.25) is 5.22 Å². The Kier molecular flexibility index (Phi) is 4.06. The third-order valence-electron chi connectivity index (χ3n) is 1.52. The van der Waals surface area contributed by atoms with Crippen LogP contribution in [-0.4, -0.2) is 12.6 Å². The van der Waals surface area contributed by atoms with Gasteiger partial charge in [-0.05, 0) is 29.8 Å². The van der Waals surface area contributed by atoms with E-state index in [0.717, 1.165) is 12.3 Å². The molecule has 0 atom stereocenters. The van der Waals surface area contributed by atoms with Gasteiger partial charge in [0.2, 0.25) is 0 Å². The lowest BCUT2D eigenvalue weighted by Crippen LogP contribution is -2.22. The van der Waals surface area contributed by atoms with Gasteiger partial charge in [-0.1, -0.05) is 19.9 Å². The normalized spacial score (nSPS) is 11.7. The SMILES string of the molecule is CC(C)NCC=Cc1ccc(Cl)o1. The van der Waals surface area contributed by atoms with E-state index in [4.69, 9.17) is 16.0 Å². The number of rotatable bonds is 4. The molecular formula is C10H14ClNO. The molecule has 72 valence electrons. The van der Waals surface area contributed by atoms with E-state index in [2.05, 4.69) is 19.2 Å². The Morgan fingerprint density at radius 2 is 2.31 bits per heavy atom. The van der Waals surface area contributed by atoms with Crippen LogP contribution in [0.15, 0.2) is 22.6 Å². The quantitative estimate of drug-likeness (QED) is 0.807. The Labute approximate surface area is 83.6 Å². The lowest BCUT2D eigenvalue weighted by atomic mass is 10.3. The molecule has 0 saturated carbocycles. The summed E-state index contributed by atoms with van der Waals surface area (Å²) in [6.45, 7) is 5.06. The Morgan fingerprint density at radius 3 is 2.85 bits per heavy atom. The summed E-state index contributed by atoms with van der Waals surface area (Å²) in [6.07, 6.45) is 3.91. The highest BCUT2D eigenvalue weighted by atomic mass is 35.5. The van der Waals surface area contributed by atoms with E-state index in [1.807, 2.05) is 18.2 Å². The van der Waals surface area contributed by atoms with E-state index in [0.29, 0.717) is 11.3 Å². The van der Waals surface area contributed by atoms with Crippen LogP contribution in [0.3, 0.4) is 0 Å². The van der Waals surface area contributed by atoms with Crippen molar-refractivity contribution in [2.24, 2.45) is 0 Å². The van der Waals surface area contributed by atoms with Gasteiger partial charge in [0.15, 0.2) is 5.22 Å². The van der Waals surface area contributed by atoms with E-state index in [-0.39, 0.29) is 0 Å². The van der Waals surface area contributed by atoms with Gasteiger partial charge in [0.1, 0.15) is 5.76 Å². The second-order valence-corrected chi connectivity index (χ2v) is 3.48. The van der Waals surface area contributed by atoms with Gasteiger partial charge in [0, 0.05) is 12.6 Å². The van der Waals surface area contributed by atoms with Crippen molar-refractivity contribution in [3.05, 3.63) is 29.2 Å². The van der Waals surface area contributed by atoms with E-state index in [9.17, 15) is 0 Å². The lowest BCUT2D eigenvalue weighted by Gasteiger charge is -2.02. The fourth-order valence-electron chi connectivity index (χ4n) is 0.897. The van der Waals surface area contributed by atoms with E-state index < -0.39 is 0 Å². The minimum atomic E-state index is 0.427. The number of furan rings is 1. The van der Waals surface area contributed by atoms with E-state index >= 15 is 0 Å². The highest BCUT2D eigenvalue weighted by Crippen LogP contribution is 2.13. The highest BCUT2D eigenvalue weighted by molar-refractivity contribution is 6.28. The van der Waals surface area contributed by atoms with Crippen LogP contribution in [0.4, 0.5) is 0 Å². The standard InChI is InChI=1S/C10H14ClNO/c1-8(2)12-7-3-4-9-5-6-10(11)13-9/h3-6,8,12H,7H2,1-2H3. The third kappa shape index (κ3) is 4.15. The molecule has 1 rings (SSSR count). The fraction of sp³-hybridized carbons (Fsp3) is 0.400. The molecule has 0 spiro atoms. The molecule has 1 aromatic heterocycles. The second kappa shape index (κ2) is 5.10. The zero-order valence-electron chi connectivity index (χ0n) is 7.88. The van der Waals surface area contributed by atoms with Gasteiger partial charge in [0.05, 0.1) is 0 Å². The molecule has 0 unspecified atom stereocenters. The number of nitrogens with one attached hydrogen (secondary N) is 1. The molecule has 0 aromatic carbocycles. The molecule has 0 fully saturated rings. The van der Waals surface area contributed by atoms with Crippen LogP contribution >= 0.6 is 11.6 Å². The first kappa shape index (κ1) is 10.4. The van der Waals surface area contributed by atoms with Gasteiger partial charge in [-0.25, -0.2) is 0 Å². The molecule has 13 heavy (non-hydrogen) atoms. The molecule has 2 nitrogen and oxygen atoms in total. The molecule has 1 heterocycles. The molecule has 0 aliphatic rings. The summed E-state index contributed by atoms with van der Waals surface area (Å²) in [5.74, 6) is 0.788. The van der Waals surface area contributed by atoms with Crippen LogP contribution in [0.1, 0.15) is 19.6 Å². The molecule has 3 heteroatoms. The molecule has 1 aromatic rings. The molecule has 1 N–H and O–H groups in total. The Bertz CT molecular complexity index is 278. The molecule has 0 saturated heterocycles. The highest BCUT2D eigenvalue weighted by Gasteiger charge is 1.93. The maximum Gasteiger partial charge on any atom is 0.193 e. The minimum absolute atomic E-state index is 0.427. The van der Waals surface area contributed by atoms with E-state index in [1.54, 1.807) is 6.07 Å².